The van der Waals surface area contributed by atoms with Crippen molar-refractivity contribution in [1.82, 2.24) is 10.2 Å². The lowest BCUT2D eigenvalue weighted by Gasteiger charge is -2.31. The molecule has 1 atom stereocenters. The lowest BCUT2D eigenvalue weighted by molar-refractivity contribution is 0.0939. The number of thiophene rings is 1. The summed E-state index contributed by atoms with van der Waals surface area (Å²) in [4.78, 5) is 15.2. The Morgan fingerprint density at radius 1 is 1.25 bits per heavy atom. The van der Waals surface area contributed by atoms with Crippen molar-refractivity contribution in [3.63, 3.8) is 0 Å². The van der Waals surface area contributed by atoms with E-state index in [9.17, 15) is 4.79 Å². The monoisotopic (exact) mass is 338 g/mol. The van der Waals surface area contributed by atoms with E-state index in [1.54, 1.807) is 0 Å². The summed E-state index contributed by atoms with van der Waals surface area (Å²) in [6.07, 6.45) is 2.35. The SMILES string of the molecule is O=C(NC[C@@H]1CCCN(CC#Cc2ccccc2)C1)c1cccs1. The van der Waals surface area contributed by atoms with E-state index >= 15 is 0 Å². The lowest BCUT2D eigenvalue weighted by Crippen LogP contribution is -2.40. The second-order valence-electron chi connectivity index (χ2n) is 6.10. The van der Waals surface area contributed by atoms with E-state index in [0.29, 0.717) is 5.92 Å². The van der Waals surface area contributed by atoms with Gasteiger partial charge in [-0.3, -0.25) is 9.69 Å². The highest BCUT2D eigenvalue weighted by Gasteiger charge is 2.20. The summed E-state index contributed by atoms with van der Waals surface area (Å²) in [7, 11) is 0. The zero-order chi connectivity index (χ0) is 16.6. The van der Waals surface area contributed by atoms with Gasteiger partial charge in [-0.15, -0.1) is 11.3 Å². The molecule has 3 rings (SSSR count). The van der Waals surface area contributed by atoms with Crippen molar-refractivity contribution in [3.8, 4) is 11.8 Å². The van der Waals surface area contributed by atoms with Crippen LogP contribution in [0.15, 0.2) is 47.8 Å². The van der Waals surface area contributed by atoms with Crippen LogP contribution in [0.1, 0.15) is 28.1 Å². The molecule has 24 heavy (non-hydrogen) atoms. The Kier molecular flexibility index (Phi) is 6.06. The third-order valence-corrected chi connectivity index (χ3v) is 5.08. The fourth-order valence-corrected chi connectivity index (χ4v) is 3.61. The van der Waals surface area contributed by atoms with E-state index in [-0.39, 0.29) is 5.91 Å². The first-order valence-corrected chi connectivity index (χ1v) is 9.27. The van der Waals surface area contributed by atoms with Crippen LogP contribution in [0.25, 0.3) is 0 Å². The molecule has 2 heterocycles. The Morgan fingerprint density at radius 2 is 2.12 bits per heavy atom. The number of likely N-dealkylation sites (tertiary alicyclic amines) is 1. The number of carbonyl (C=O) groups excluding carboxylic acids is 1. The zero-order valence-electron chi connectivity index (χ0n) is 13.7. The van der Waals surface area contributed by atoms with Gasteiger partial charge in [0.2, 0.25) is 0 Å². The fourth-order valence-electron chi connectivity index (χ4n) is 2.97. The van der Waals surface area contributed by atoms with Gasteiger partial charge in [0.05, 0.1) is 11.4 Å². The Bertz CT molecular complexity index is 700. The van der Waals surface area contributed by atoms with Crippen molar-refractivity contribution in [1.29, 1.82) is 0 Å². The molecule has 1 N–H and O–H groups in total. The summed E-state index contributed by atoms with van der Waals surface area (Å²) in [5, 5.41) is 5.00. The number of benzene rings is 1. The number of hydrogen-bond donors (Lipinski definition) is 1. The highest BCUT2D eigenvalue weighted by Crippen LogP contribution is 2.16. The summed E-state index contributed by atoms with van der Waals surface area (Å²) < 4.78 is 0. The predicted octanol–water partition coefficient (Wildman–Crippen LogP) is 3.24. The second kappa shape index (κ2) is 8.68. The largest absolute Gasteiger partial charge is 0.351 e. The maximum Gasteiger partial charge on any atom is 0.261 e. The average molecular weight is 338 g/mol. The van der Waals surface area contributed by atoms with Crippen molar-refractivity contribution < 1.29 is 4.79 Å². The third kappa shape index (κ3) is 4.95. The van der Waals surface area contributed by atoms with Gasteiger partial charge in [0.25, 0.3) is 5.91 Å². The molecule has 0 spiro atoms. The number of nitrogens with one attached hydrogen (secondary N) is 1. The number of carbonyl (C=O) groups is 1. The summed E-state index contributed by atoms with van der Waals surface area (Å²) >= 11 is 1.49. The van der Waals surface area contributed by atoms with Crippen LogP contribution in [0, 0.1) is 17.8 Å². The molecule has 124 valence electrons. The molecule has 1 aromatic heterocycles. The van der Waals surface area contributed by atoms with Gasteiger partial charge in [0.15, 0.2) is 0 Å². The number of piperidine rings is 1. The van der Waals surface area contributed by atoms with Crippen LogP contribution in [0.5, 0.6) is 0 Å². The number of amides is 1. The first kappa shape index (κ1) is 16.8. The Balaban J connectivity index is 1.44. The van der Waals surface area contributed by atoms with E-state index in [0.717, 1.165) is 36.6 Å². The molecule has 1 fully saturated rings. The van der Waals surface area contributed by atoms with Crippen molar-refractivity contribution in [2.24, 2.45) is 5.92 Å². The molecule has 0 saturated carbocycles. The van der Waals surface area contributed by atoms with Gasteiger partial charge < -0.3 is 5.32 Å². The highest BCUT2D eigenvalue weighted by atomic mass is 32.1. The number of rotatable bonds is 4. The zero-order valence-corrected chi connectivity index (χ0v) is 14.5. The van der Waals surface area contributed by atoms with Crippen LogP contribution in [-0.2, 0) is 0 Å². The lowest BCUT2D eigenvalue weighted by atomic mass is 9.98. The van der Waals surface area contributed by atoms with Gasteiger partial charge in [-0.05, 0) is 48.9 Å². The molecule has 1 amide bonds. The van der Waals surface area contributed by atoms with Crippen molar-refractivity contribution in [3.05, 3.63) is 58.3 Å². The Labute approximate surface area is 147 Å². The molecule has 2 aromatic rings. The van der Waals surface area contributed by atoms with Crippen LogP contribution in [-0.4, -0.2) is 37.0 Å². The molecular formula is C20H22N2OS. The molecule has 1 aliphatic rings. The van der Waals surface area contributed by atoms with Crippen molar-refractivity contribution in [2.75, 3.05) is 26.2 Å². The quantitative estimate of drug-likeness (QED) is 0.868. The molecule has 4 heteroatoms. The molecule has 0 aliphatic carbocycles. The maximum atomic E-state index is 12.0. The van der Waals surface area contributed by atoms with Crippen LogP contribution < -0.4 is 5.32 Å². The van der Waals surface area contributed by atoms with Gasteiger partial charge in [0.1, 0.15) is 0 Å². The second-order valence-corrected chi connectivity index (χ2v) is 7.05. The van der Waals surface area contributed by atoms with E-state index in [1.807, 2.05) is 47.8 Å². The molecule has 1 aliphatic heterocycles. The standard InChI is InChI=1S/C20H22N2OS/c23-20(19-11-6-14-24-19)21-15-18-10-5-13-22(16-18)12-4-9-17-7-2-1-3-8-17/h1-3,6-8,11,14,18H,5,10,12-13,15-16H2,(H,21,23)/t18-/m0/s1. The van der Waals surface area contributed by atoms with E-state index in [2.05, 4.69) is 22.1 Å². The van der Waals surface area contributed by atoms with Crippen molar-refractivity contribution >= 4 is 17.2 Å². The minimum atomic E-state index is 0.0472. The van der Waals surface area contributed by atoms with E-state index in [4.69, 9.17) is 0 Å². The summed E-state index contributed by atoms with van der Waals surface area (Å²) in [6, 6.07) is 13.9. The smallest absolute Gasteiger partial charge is 0.261 e. The molecule has 0 unspecified atom stereocenters. The molecule has 0 bridgehead atoms. The molecular weight excluding hydrogens is 316 g/mol. The predicted molar refractivity (Wildman–Crippen MR) is 99.1 cm³/mol. The maximum absolute atomic E-state index is 12.0. The molecule has 1 aromatic carbocycles. The van der Waals surface area contributed by atoms with Crippen LogP contribution in [0.4, 0.5) is 0 Å². The van der Waals surface area contributed by atoms with Gasteiger partial charge in [-0.2, -0.15) is 0 Å². The summed E-state index contributed by atoms with van der Waals surface area (Å²) in [5.41, 5.74) is 1.06. The third-order valence-electron chi connectivity index (χ3n) is 4.21. The summed E-state index contributed by atoms with van der Waals surface area (Å²) in [6.45, 7) is 3.65. The van der Waals surface area contributed by atoms with Gasteiger partial charge >= 0.3 is 0 Å². The van der Waals surface area contributed by atoms with Crippen LogP contribution in [0.2, 0.25) is 0 Å². The van der Waals surface area contributed by atoms with Crippen molar-refractivity contribution in [2.45, 2.75) is 12.8 Å². The number of nitrogens with zero attached hydrogens (tertiary/aromatic N) is 1. The van der Waals surface area contributed by atoms with Gasteiger partial charge in [-0.25, -0.2) is 0 Å². The van der Waals surface area contributed by atoms with E-state index in [1.165, 1.54) is 24.2 Å². The van der Waals surface area contributed by atoms with Crippen LogP contribution in [0.3, 0.4) is 0 Å². The Hall–Kier alpha value is -2.09. The number of hydrogen-bond acceptors (Lipinski definition) is 3. The first-order chi connectivity index (χ1) is 11.8. The Morgan fingerprint density at radius 3 is 2.92 bits per heavy atom. The summed E-state index contributed by atoms with van der Waals surface area (Å²) in [5.74, 6) is 7.05. The molecule has 0 radical (unpaired) electrons. The molecule has 1 saturated heterocycles. The first-order valence-electron chi connectivity index (χ1n) is 8.39. The minimum absolute atomic E-state index is 0.0472. The molecule has 3 nitrogen and oxygen atoms in total. The normalized spacial score (nSPS) is 17.8. The fraction of sp³-hybridized carbons (Fsp3) is 0.350. The van der Waals surface area contributed by atoms with Gasteiger partial charge in [-0.1, -0.05) is 36.1 Å². The van der Waals surface area contributed by atoms with Gasteiger partial charge in [0, 0.05) is 18.7 Å². The van der Waals surface area contributed by atoms with E-state index < -0.39 is 0 Å². The van der Waals surface area contributed by atoms with Crippen LogP contribution >= 0.6 is 11.3 Å². The highest BCUT2D eigenvalue weighted by molar-refractivity contribution is 7.12. The topological polar surface area (TPSA) is 32.3 Å². The average Bonchev–Trinajstić information content (AvgIpc) is 3.16. The minimum Gasteiger partial charge on any atom is -0.351 e.